The van der Waals surface area contributed by atoms with Gasteiger partial charge in [-0.05, 0) is 45.0 Å². The number of rotatable bonds is 9. The molecule has 10 nitrogen and oxygen atoms in total. The summed E-state index contributed by atoms with van der Waals surface area (Å²) in [5, 5.41) is 10.6. The second-order valence-electron chi connectivity index (χ2n) is 9.21. The minimum atomic E-state index is -4.18. The van der Waals surface area contributed by atoms with Gasteiger partial charge in [0.2, 0.25) is 5.75 Å². The summed E-state index contributed by atoms with van der Waals surface area (Å²) in [5.41, 5.74) is 0.615. The monoisotopic (exact) mass is 519 g/mol. The molecule has 0 bridgehead atoms. The summed E-state index contributed by atoms with van der Waals surface area (Å²) >= 11 is 0. The van der Waals surface area contributed by atoms with Gasteiger partial charge in [-0.25, -0.2) is 13.2 Å². The number of hydrogen-bond acceptors (Lipinski definition) is 6. The molecule has 0 fully saturated rings. The first-order valence-electron chi connectivity index (χ1n) is 11.2. The molecule has 0 unspecified atom stereocenters. The molecule has 0 radical (unpaired) electrons. The van der Waals surface area contributed by atoms with Crippen molar-refractivity contribution in [2.45, 2.75) is 31.2 Å². The molecule has 196 valence electrons. The van der Waals surface area contributed by atoms with Crippen molar-refractivity contribution in [1.82, 2.24) is 9.47 Å². The molecule has 0 atom stereocenters. The van der Waals surface area contributed by atoms with E-state index in [0.29, 0.717) is 5.69 Å². The van der Waals surface area contributed by atoms with Gasteiger partial charge in [-0.2, -0.15) is 0 Å². The van der Waals surface area contributed by atoms with Gasteiger partial charge in [0.25, 0.3) is 10.0 Å². The second-order valence-corrected chi connectivity index (χ2v) is 11.1. The van der Waals surface area contributed by atoms with Gasteiger partial charge in [0.05, 0.1) is 38.5 Å². The van der Waals surface area contributed by atoms with Gasteiger partial charge in [-0.15, -0.1) is 0 Å². The number of hydrogen-bond donors (Lipinski definition) is 1. The molecule has 0 spiro atoms. The van der Waals surface area contributed by atoms with Crippen LogP contribution in [0.3, 0.4) is 0 Å². The molecule has 0 aliphatic carbocycles. The summed E-state index contributed by atoms with van der Waals surface area (Å²) in [6, 6.07) is 9.93. The molecule has 1 amide bonds. The Balaban J connectivity index is 2.16. The largest absolute Gasteiger partial charge is 0.493 e. The van der Waals surface area contributed by atoms with Crippen molar-refractivity contribution in [2.75, 3.05) is 38.7 Å². The predicted octanol–water partition coefficient (Wildman–Crippen LogP) is 4.18. The zero-order valence-corrected chi connectivity index (χ0v) is 22.4. The maximum atomic E-state index is 14.0. The van der Waals surface area contributed by atoms with Crippen LogP contribution in [0.5, 0.6) is 17.2 Å². The number of carboxylic acid groups (broad SMARTS) is 1. The van der Waals surface area contributed by atoms with Gasteiger partial charge in [0.1, 0.15) is 0 Å². The quantitative estimate of drug-likeness (QED) is 0.452. The number of benzene rings is 2. The van der Waals surface area contributed by atoms with Crippen LogP contribution in [-0.2, 0) is 17.1 Å². The second kappa shape index (κ2) is 10.2. The molecule has 3 aromatic rings. The number of nitrogens with zero attached hydrogens (tertiary/aromatic N) is 3. The van der Waals surface area contributed by atoms with Crippen LogP contribution in [0.1, 0.15) is 20.8 Å². The minimum absolute atomic E-state index is 0.0463. The number of fused-ring (bicyclic) bond motifs is 1. The highest BCUT2D eigenvalue weighted by atomic mass is 32.2. The zero-order valence-electron chi connectivity index (χ0n) is 21.6. The first kappa shape index (κ1) is 27.0. The summed E-state index contributed by atoms with van der Waals surface area (Å²) in [4.78, 5) is 13.1. The molecule has 1 aromatic heterocycles. The van der Waals surface area contributed by atoms with Crippen molar-refractivity contribution >= 4 is 32.7 Å². The van der Waals surface area contributed by atoms with Crippen LogP contribution in [0.4, 0.5) is 10.5 Å². The molecule has 1 N–H and O–H groups in total. The fourth-order valence-corrected chi connectivity index (χ4v) is 5.53. The Hall–Kier alpha value is -3.60. The number of aryl methyl sites for hydroxylation is 1. The highest BCUT2D eigenvalue weighted by Gasteiger charge is 2.32. The van der Waals surface area contributed by atoms with Crippen molar-refractivity contribution in [3.63, 3.8) is 0 Å². The normalized spacial score (nSPS) is 11.9. The molecule has 0 saturated carbocycles. The lowest BCUT2D eigenvalue weighted by atomic mass is 10.1. The van der Waals surface area contributed by atoms with Crippen molar-refractivity contribution < 1.29 is 32.5 Å². The van der Waals surface area contributed by atoms with E-state index in [1.807, 2.05) is 29.9 Å². The highest BCUT2D eigenvalue weighted by Crippen LogP contribution is 2.40. The van der Waals surface area contributed by atoms with E-state index in [4.69, 9.17) is 14.2 Å². The van der Waals surface area contributed by atoms with E-state index in [9.17, 15) is 18.3 Å². The van der Waals surface area contributed by atoms with Crippen LogP contribution in [0.25, 0.3) is 10.9 Å². The molecule has 11 heteroatoms. The van der Waals surface area contributed by atoms with E-state index in [2.05, 4.69) is 0 Å². The molecule has 0 aliphatic heterocycles. The van der Waals surface area contributed by atoms with Gasteiger partial charge in [0.15, 0.2) is 11.5 Å². The van der Waals surface area contributed by atoms with Gasteiger partial charge < -0.3 is 28.8 Å². The number of sulfonamides is 1. The summed E-state index contributed by atoms with van der Waals surface area (Å²) in [6.07, 6.45) is 0.754. The number of ether oxygens (including phenoxy) is 3. The molecule has 1 heterocycles. The Bertz CT molecular complexity index is 1330. The third kappa shape index (κ3) is 5.15. The zero-order chi connectivity index (χ0) is 26.8. The highest BCUT2D eigenvalue weighted by molar-refractivity contribution is 7.92. The van der Waals surface area contributed by atoms with Gasteiger partial charge >= 0.3 is 6.09 Å². The van der Waals surface area contributed by atoms with E-state index in [1.165, 1.54) is 42.7 Å². The van der Waals surface area contributed by atoms with Gasteiger partial charge in [-0.3, -0.25) is 4.31 Å². The Labute approximate surface area is 211 Å². The molecule has 36 heavy (non-hydrogen) atoms. The van der Waals surface area contributed by atoms with Crippen LogP contribution in [-0.4, -0.2) is 69.0 Å². The van der Waals surface area contributed by atoms with Crippen LogP contribution in [0.2, 0.25) is 0 Å². The number of carbonyl (C=O) groups is 1. The summed E-state index contributed by atoms with van der Waals surface area (Å²) < 4.78 is 47.3. The van der Waals surface area contributed by atoms with Crippen molar-refractivity contribution in [3.05, 3.63) is 42.6 Å². The lowest BCUT2D eigenvalue weighted by Crippen LogP contribution is -2.49. The van der Waals surface area contributed by atoms with Crippen molar-refractivity contribution in [1.29, 1.82) is 0 Å². The summed E-state index contributed by atoms with van der Waals surface area (Å²) in [6.45, 7) is 5.12. The first-order valence-corrected chi connectivity index (χ1v) is 12.7. The first-order chi connectivity index (χ1) is 16.8. The third-order valence-electron chi connectivity index (χ3n) is 5.95. The Morgan fingerprint density at radius 1 is 0.972 bits per heavy atom. The lowest BCUT2D eigenvalue weighted by molar-refractivity contribution is 0.103. The summed E-state index contributed by atoms with van der Waals surface area (Å²) in [7, 11) is 1.97. The van der Waals surface area contributed by atoms with Crippen molar-refractivity contribution in [2.24, 2.45) is 7.05 Å². The average Bonchev–Trinajstić information content (AvgIpc) is 3.19. The number of anilines is 1. The van der Waals surface area contributed by atoms with E-state index in [0.717, 1.165) is 10.9 Å². The standard InChI is InChI=1S/C25H33N3O7S/c1-25(2,3)27(24(29)30)12-13-28(18-8-9-20-17(14-18)10-11-26(20)4)36(31,32)19-15-21(33-5)23(35-7)22(16-19)34-6/h8-11,14-16H,12-13H2,1-7H3,(H,29,30). The topological polar surface area (TPSA) is 111 Å². The maximum absolute atomic E-state index is 14.0. The Morgan fingerprint density at radius 3 is 2.08 bits per heavy atom. The van der Waals surface area contributed by atoms with Crippen LogP contribution in [0.15, 0.2) is 47.5 Å². The van der Waals surface area contributed by atoms with Crippen LogP contribution >= 0.6 is 0 Å². The molecule has 2 aromatic carbocycles. The Morgan fingerprint density at radius 2 is 1.58 bits per heavy atom. The fraction of sp³-hybridized carbons (Fsp3) is 0.400. The van der Waals surface area contributed by atoms with E-state index in [-0.39, 0.29) is 35.2 Å². The van der Waals surface area contributed by atoms with E-state index >= 15 is 0 Å². The van der Waals surface area contributed by atoms with E-state index in [1.54, 1.807) is 32.9 Å². The van der Waals surface area contributed by atoms with Gasteiger partial charge in [0, 0.05) is 48.4 Å². The molecule has 0 aliphatic rings. The lowest BCUT2D eigenvalue weighted by Gasteiger charge is -2.35. The SMILES string of the molecule is COc1cc(S(=O)(=O)N(CCN(C(=O)O)C(C)(C)C)c2ccc3c(ccn3C)c2)cc(OC)c1OC. The van der Waals surface area contributed by atoms with E-state index < -0.39 is 21.7 Å². The van der Waals surface area contributed by atoms with Crippen LogP contribution in [0, 0.1) is 0 Å². The minimum Gasteiger partial charge on any atom is -0.493 e. The predicted molar refractivity (Wildman–Crippen MR) is 138 cm³/mol. The molecular weight excluding hydrogens is 486 g/mol. The molecule has 0 saturated heterocycles. The van der Waals surface area contributed by atoms with Gasteiger partial charge in [-0.1, -0.05) is 0 Å². The average molecular weight is 520 g/mol. The number of aromatic nitrogens is 1. The van der Waals surface area contributed by atoms with Crippen LogP contribution < -0.4 is 18.5 Å². The molecular formula is C25H33N3O7S. The fourth-order valence-electron chi connectivity index (χ4n) is 4.05. The Kier molecular flexibility index (Phi) is 7.63. The smallest absolute Gasteiger partial charge is 0.407 e. The number of methoxy groups -OCH3 is 3. The number of amides is 1. The third-order valence-corrected chi connectivity index (χ3v) is 7.76. The maximum Gasteiger partial charge on any atom is 0.407 e. The van der Waals surface area contributed by atoms with Crippen molar-refractivity contribution in [3.8, 4) is 17.2 Å². The summed E-state index contributed by atoms with van der Waals surface area (Å²) in [5.74, 6) is 0.646. The molecule has 3 rings (SSSR count).